The number of aromatic nitrogens is 1. The van der Waals surface area contributed by atoms with E-state index in [2.05, 4.69) is 15.1 Å². The molecule has 0 bridgehead atoms. The highest BCUT2D eigenvalue weighted by atomic mass is 19.1. The van der Waals surface area contributed by atoms with E-state index in [1.807, 2.05) is 60.9 Å². The second kappa shape index (κ2) is 10.3. The molecule has 1 saturated heterocycles. The number of hydrogen-bond donors (Lipinski definition) is 1. The lowest BCUT2D eigenvalue weighted by molar-refractivity contribution is -0.117. The number of anilines is 1. The van der Waals surface area contributed by atoms with Crippen LogP contribution in [0.15, 0.2) is 54.6 Å². The fourth-order valence-corrected chi connectivity index (χ4v) is 4.48. The van der Waals surface area contributed by atoms with Crippen molar-refractivity contribution in [2.75, 3.05) is 44.6 Å². The number of aryl methyl sites for hydroxylation is 2. The van der Waals surface area contributed by atoms with Crippen LogP contribution < -0.4 is 5.32 Å². The van der Waals surface area contributed by atoms with Crippen LogP contribution in [0.3, 0.4) is 0 Å². The standard InChI is InChI=1S/C27H31FN4O2/c1-19-9-10-23(16-25(19)28)32-20(2)15-24(21(32)3)26(33)17-30-11-13-31(14-12-30)18-27(34)29-22-7-5-4-6-8-22/h4-10,15-16H,11-14,17-18H2,1-3H3,(H,29,34). The third kappa shape index (κ3) is 5.43. The Morgan fingerprint density at radius 3 is 2.18 bits per heavy atom. The van der Waals surface area contributed by atoms with E-state index in [-0.39, 0.29) is 17.5 Å². The summed E-state index contributed by atoms with van der Waals surface area (Å²) in [5.41, 5.74) is 4.50. The molecule has 1 amide bonds. The Bertz CT molecular complexity index is 1180. The van der Waals surface area contributed by atoms with E-state index in [0.29, 0.717) is 24.2 Å². The zero-order valence-electron chi connectivity index (χ0n) is 20.0. The lowest BCUT2D eigenvalue weighted by Crippen LogP contribution is -2.49. The molecule has 0 saturated carbocycles. The van der Waals surface area contributed by atoms with Crippen molar-refractivity contribution in [3.63, 3.8) is 0 Å². The fraction of sp³-hybridized carbons (Fsp3) is 0.333. The number of hydrogen-bond acceptors (Lipinski definition) is 4. The minimum atomic E-state index is -0.256. The van der Waals surface area contributed by atoms with Crippen molar-refractivity contribution in [2.24, 2.45) is 0 Å². The van der Waals surface area contributed by atoms with Gasteiger partial charge in [-0.3, -0.25) is 19.4 Å². The molecule has 4 rings (SSSR count). The zero-order chi connectivity index (χ0) is 24.2. The highest BCUT2D eigenvalue weighted by Crippen LogP contribution is 2.23. The van der Waals surface area contributed by atoms with Gasteiger partial charge in [-0.15, -0.1) is 0 Å². The minimum absolute atomic E-state index is 0.0318. The molecule has 0 radical (unpaired) electrons. The van der Waals surface area contributed by atoms with E-state index in [9.17, 15) is 14.0 Å². The molecule has 2 heterocycles. The summed E-state index contributed by atoms with van der Waals surface area (Å²) >= 11 is 0. The van der Waals surface area contributed by atoms with Crippen LogP contribution in [0.4, 0.5) is 10.1 Å². The maximum atomic E-state index is 14.1. The maximum absolute atomic E-state index is 14.1. The lowest BCUT2D eigenvalue weighted by atomic mass is 10.1. The van der Waals surface area contributed by atoms with Crippen LogP contribution in [-0.2, 0) is 4.79 Å². The van der Waals surface area contributed by atoms with Gasteiger partial charge in [-0.25, -0.2) is 4.39 Å². The van der Waals surface area contributed by atoms with Crippen LogP contribution in [0.25, 0.3) is 5.69 Å². The molecular formula is C27H31FN4O2. The topological polar surface area (TPSA) is 57.6 Å². The van der Waals surface area contributed by atoms with Crippen LogP contribution in [0, 0.1) is 26.6 Å². The summed E-state index contributed by atoms with van der Waals surface area (Å²) in [6.07, 6.45) is 0. The van der Waals surface area contributed by atoms with Crippen molar-refractivity contribution in [2.45, 2.75) is 20.8 Å². The molecule has 1 N–H and O–H groups in total. The first-order chi connectivity index (χ1) is 16.3. The molecule has 1 aliphatic rings. The van der Waals surface area contributed by atoms with Gasteiger partial charge in [0.2, 0.25) is 5.91 Å². The summed E-state index contributed by atoms with van der Waals surface area (Å²) in [4.78, 5) is 29.7. The molecule has 1 fully saturated rings. The van der Waals surface area contributed by atoms with Gasteiger partial charge in [-0.2, -0.15) is 0 Å². The first-order valence-corrected chi connectivity index (χ1v) is 11.6. The third-order valence-electron chi connectivity index (χ3n) is 6.40. The number of carbonyl (C=O) groups is 2. The van der Waals surface area contributed by atoms with Crippen LogP contribution in [0.1, 0.15) is 27.3 Å². The monoisotopic (exact) mass is 462 g/mol. The number of halogens is 1. The highest BCUT2D eigenvalue weighted by molar-refractivity contribution is 5.99. The predicted molar refractivity (Wildman–Crippen MR) is 132 cm³/mol. The molecule has 0 unspecified atom stereocenters. The number of Topliss-reactive ketones (excluding diaryl/α,β-unsaturated/α-hetero) is 1. The average Bonchev–Trinajstić information content (AvgIpc) is 3.11. The van der Waals surface area contributed by atoms with E-state index in [1.54, 1.807) is 13.0 Å². The van der Waals surface area contributed by atoms with Gasteiger partial charge in [-0.05, 0) is 56.7 Å². The molecule has 34 heavy (non-hydrogen) atoms. The number of rotatable bonds is 7. The normalized spacial score (nSPS) is 14.8. The van der Waals surface area contributed by atoms with Gasteiger partial charge in [0.1, 0.15) is 5.82 Å². The molecule has 3 aromatic rings. The Labute approximate surface area is 200 Å². The number of nitrogens with one attached hydrogen (secondary N) is 1. The molecule has 1 aliphatic heterocycles. The summed E-state index contributed by atoms with van der Waals surface area (Å²) < 4.78 is 16.0. The third-order valence-corrected chi connectivity index (χ3v) is 6.40. The number of nitrogens with zero attached hydrogens (tertiary/aromatic N) is 3. The van der Waals surface area contributed by atoms with Crippen molar-refractivity contribution >= 4 is 17.4 Å². The maximum Gasteiger partial charge on any atom is 0.238 e. The van der Waals surface area contributed by atoms with E-state index >= 15 is 0 Å². The molecule has 6 nitrogen and oxygen atoms in total. The first-order valence-electron chi connectivity index (χ1n) is 11.6. The molecule has 1 aromatic heterocycles. The molecule has 0 atom stereocenters. The number of para-hydroxylation sites is 1. The van der Waals surface area contributed by atoms with Crippen molar-refractivity contribution in [3.8, 4) is 5.69 Å². The Balaban J connectivity index is 1.33. The van der Waals surface area contributed by atoms with E-state index in [1.165, 1.54) is 6.07 Å². The van der Waals surface area contributed by atoms with Crippen LogP contribution in [-0.4, -0.2) is 65.3 Å². The van der Waals surface area contributed by atoms with Crippen LogP contribution in [0.5, 0.6) is 0 Å². The average molecular weight is 463 g/mol. The van der Waals surface area contributed by atoms with Crippen LogP contribution >= 0.6 is 0 Å². The van der Waals surface area contributed by atoms with Gasteiger partial charge < -0.3 is 9.88 Å². The predicted octanol–water partition coefficient (Wildman–Crippen LogP) is 3.98. The van der Waals surface area contributed by atoms with Crippen LogP contribution in [0.2, 0.25) is 0 Å². The Morgan fingerprint density at radius 1 is 0.882 bits per heavy atom. The largest absolute Gasteiger partial charge is 0.325 e. The molecule has 0 aliphatic carbocycles. The molecule has 0 spiro atoms. The van der Waals surface area contributed by atoms with Crippen molar-refractivity contribution in [3.05, 3.63) is 82.9 Å². The first kappa shape index (κ1) is 23.9. The summed E-state index contributed by atoms with van der Waals surface area (Å²) in [5, 5.41) is 2.91. The SMILES string of the molecule is Cc1ccc(-n2c(C)cc(C(=O)CN3CCN(CC(=O)Nc4ccccc4)CC3)c2C)cc1F. The van der Waals surface area contributed by atoms with Crippen molar-refractivity contribution < 1.29 is 14.0 Å². The molecular weight excluding hydrogens is 431 g/mol. The summed E-state index contributed by atoms with van der Waals surface area (Å²) in [6.45, 7) is 9.16. The smallest absolute Gasteiger partial charge is 0.238 e. The zero-order valence-corrected chi connectivity index (χ0v) is 20.0. The van der Waals surface area contributed by atoms with E-state index < -0.39 is 0 Å². The van der Waals surface area contributed by atoms with Gasteiger partial charge in [0.05, 0.1) is 13.1 Å². The quantitative estimate of drug-likeness (QED) is 0.540. The number of ketones is 1. The van der Waals surface area contributed by atoms with Gasteiger partial charge >= 0.3 is 0 Å². The number of benzene rings is 2. The van der Waals surface area contributed by atoms with E-state index in [4.69, 9.17) is 0 Å². The number of carbonyl (C=O) groups excluding carboxylic acids is 2. The van der Waals surface area contributed by atoms with Gasteiger partial charge in [-0.1, -0.05) is 24.3 Å². The second-order valence-electron chi connectivity index (χ2n) is 8.94. The Morgan fingerprint density at radius 2 is 1.53 bits per heavy atom. The molecule has 178 valence electrons. The lowest BCUT2D eigenvalue weighted by Gasteiger charge is -2.33. The Kier molecular flexibility index (Phi) is 7.24. The van der Waals surface area contributed by atoms with Gasteiger partial charge in [0, 0.05) is 54.5 Å². The molecule has 7 heteroatoms. The second-order valence-corrected chi connectivity index (χ2v) is 8.94. The summed E-state index contributed by atoms with van der Waals surface area (Å²) in [7, 11) is 0. The number of piperazine rings is 1. The summed E-state index contributed by atoms with van der Waals surface area (Å²) in [5.74, 6) is -0.230. The van der Waals surface area contributed by atoms with Gasteiger partial charge in [0.25, 0.3) is 0 Å². The molecule has 2 aromatic carbocycles. The summed E-state index contributed by atoms with van der Waals surface area (Å²) in [6, 6.07) is 16.5. The van der Waals surface area contributed by atoms with Gasteiger partial charge in [0.15, 0.2) is 5.78 Å². The van der Waals surface area contributed by atoms with Crippen molar-refractivity contribution in [1.82, 2.24) is 14.4 Å². The minimum Gasteiger partial charge on any atom is -0.325 e. The van der Waals surface area contributed by atoms with E-state index in [0.717, 1.165) is 48.9 Å². The number of amides is 1. The van der Waals surface area contributed by atoms with Crippen molar-refractivity contribution in [1.29, 1.82) is 0 Å². The fourth-order valence-electron chi connectivity index (χ4n) is 4.48. The highest BCUT2D eigenvalue weighted by Gasteiger charge is 2.23. The Hall–Kier alpha value is -3.29.